The highest BCUT2D eigenvalue weighted by Crippen LogP contribution is 2.24. The summed E-state index contributed by atoms with van der Waals surface area (Å²) in [5, 5.41) is 0. The molecule has 1 rings (SSSR count). The highest BCUT2D eigenvalue weighted by Gasteiger charge is 2.23. The summed E-state index contributed by atoms with van der Waals surface area (Å²) in [6, 6.07) is 0. The van der Waals surface area contributed by atoms with E-state index in [-0.39, 0.29) is 5.54 Å². The highest BCUT2D eigenvalue weighted by atomic mass is 14.8. The SMILES string of the molecule is CC(C)C1(C)C=CC(CN)=CC=N1. The lowest BCUT2D eigenvalue weighted by Crippen LogP contribution is -2.25. The molecule has 0 bridgehead atoms. The standard InChI is InChI=1S/C11H18N2/c1-9(2)11(3)6-4-10(8-12)5-7-13-11/h4-7,9H,8,12H2,1-3H3. The average molecular weight is 178 g/mol. The molecular weight excluding hydrogens is 160 g/mol. The van der Waals surface area contributed by atoms with E-state index in [0.717, 1.165) is 5.57 Å². The molecule has 0 aliphatic carbocycles. The maximum Gasteiger partial charge on any atom is 0.0785 e. The molecule has 1 unspecified atom stereocenters. The van der Waals surface area contributed by atoms with Gasteiger partial charge in [0.1, 0.15) is 0 Å². The maximum absolute atomic E-state index is 5.56. The summed E-state index contributed by atoms with van der Waals surface area (Å²) in [5.41, 5.74) is 6.61. The highest BCUT2D eigenvalue weighted by molar-refractivity contribution is 5.74. The van der Waals surface area contributed by atoms with Crippen LogP contribution in [0.4, 0.5) is 0 Å². The topological polar surface area (TPSA) is 38.4 Å². The Morgan fingerprint density at radius 3 is 2.77 bits per heavy atom. The van der Waals surface area contributed by atoms with Crippen molar-refractivity contribution in [3.8, 4) is 0 Å². The zero-order valence-electron chi connectivity index (χ0n) is 8.62. The molecule has 0 radical (unpaired) electrons. The Morgan fingerprint density at radius 1 is 1.54 bits per heavy atom. The number of hydrogen-bond acceptors (Lipinski definition) is 2. The number of rotatable bonds is 2. The van der Waals surface area contributed by atoms with Crippen LogP contribution in [0.1, 0.15) is 20.8 Å². The molecule has 2 nitrogen and oxygen atoms in total. The number of nitrogens with zero attached hydrogens (tertiary/aromatic N) is 1. The van der Waals surface area contributed by atoms with Crippen LogP contribution >= 0.6 is 0 Å². The largest absolute Gasteiger partial charge is 0.326 e. The minimum Gasteiger partial charge on any atom is -0.326 e. The van der Waals surface area contributed by atoms with Crippen LogP contribution in [0.2, 0.25) is 0 Å². The first-order valence-corrected chi connectivity index (χ1v) is 4.72. The minimum atomic E-state index is -0.0760. The van der Waals surface area contributed by atoms with Gasteiger partial charge < -0.3 is 5.73 Å². The maximum atomic E-state index is 5.56. The molecule has 1 heterocycles. The normalized spacial score (nSPS) is 27.6. The number of hydrogen-bond donors (Lipinski definition) is 1. The van der Waals surface area contributed by atoms with Crippen LogP contribution in [0.5, 0.6) is 0 Å². The van der Waals surface area contributed by atoms with E-state index in [1.807, 2.05) is 12.3 Å². The van der Waals surface area contributed by atoms with Crippen molar-refractivity contribution in [3.05, 3.63) is 23.8 Å². The van der Waals surface area contributed by atoms with E-state index in [4.69, 9.17) is 5.73 Å². The van der Waals surface area contributed by atoms with E-state index in [0.29, 0.717) is 12.5 Å². The van der Waals surface area contributed by atoms with Gasteiger partial charge >= 0.3 is 0 Å². The molecule has 0 amide bonds. The molecule has 0 saturated carbocycles. The quantitative estimate of drug-likeness (QED) is 0.689. The van der Waals surface area contributed by atoms with Crippen molar-refractivity contribution in [2.75, 3.05) is 6.54 Å². The Hall–Kier alpha value is -0.890. The van der Waals surface area contributed by atoms with E-state index in [9.17, 15) is 0 Å². The predicted molar refractivity (Wildman–Crippen MR) is 58.0 cm³/mol. The molecular formula is C11H18N2. The third kappa shape index (κ3) is 2.28. The average Bonchev–Trinajstić information content (AvgIpc) is 2.28. The van der Waals surface area contributed by atoms with E-state index < -0.39 is 0 Å². The van der Waals surface area contributed by atoms with Crippen molar-refractivity contribution in [1.29, 1.82) is 0 Å². The van der Waals surface area contributed by atoms with Crippen molar-refractivity contribution in [2.45, 2.75) is 26.3 Å². The first kappa shape index (κ1) is 10.2. The Kier molecular flexibility index (Phi) is 3.04. The summed E-state index contributed by atoms with van der Waals surface area (Å²) in [7, 11) is 0. The number of allylic oxidation sites excluding steroid dienone is 1. The monoisotopic (exact) mass is 178 g/mol. The van der Waals surface area contributed by atoms with Crippen LogP contribution in [0, 0.1) is 5.92 Å². The lowest BCUT2D eigenvalue weighted by atomic mass is 9.88. The fourth-order valence-corrected chi connectivity index (χ4v) is 1.15. The molecule has 1 aliphatic rings. The Labute approximate surface area is 80.2 Å². The lowest BCUT2D eigenvalue weighted by molar-refractivity contribution is 0.424. The Balaban J connectivity index is 2.89. The molecule has 2 heteroatoms. The van der Waals surface area contributed by atoms with E-state index in [1.165, 1.54) is 0 Å². The molecule has 0 aromatic carbocycles. The van der Waals surface area contributed by atoms with Crippen LogP contribution < -0.4 is 5.73 Å². The van der Waals surface area contributed by atoms with Crippen LogP contribution in [0.3, 0.4) is 0 Å². The fraction of sp³-hybridized carbons (Fsp3) is 0.545. The van der Waals surface area contributed by atoms with E-state index in [2.05, 4.69) is 37.9 Å². The zero-order valence-corrected chi connectivity index (χ0v) is 8.62. The molecule has 0 fully saturated rings. The smallest absolute Gasteiger partial charge is 0.0785 e. The van der Waals surface area contributed by atoms with Crippen molar-refractivity contribution in [2.24, 2.45) is 16.6 Å². The number of aliphatic imine (C=N–C) groups is 1. The van der Waals surface area contributed by atoms with Gasteiger partial charge in [-0.1, -0.05) is 26.0 Å². The van der Waals surface area contributed by atoms with Gasteiger partial charge in [0.15, 0.2) is 0 Å². The van der Waals surface area contributed by atoms with Crippen LogP contribution in [-0.4, -0.2) is 18.3 Å². The van der Waals surface area contributed by atoms with Crippen molar-refractivity contribution < 1.29 is 0 Å². The van der Waals surface area contributed by atoms with Gasteiger partial charge in [0.2, 0.25) is 0 Å². The second-order valence-electron chi connectivity index (χ2n) is 3.94. The fourth-order valence-electron chi connectivity index (χ4n) is 1.15. The first-order chi connectivity index (χ1) is 6.08. The summed E-state index contributed by atoms with van der Waals surface area (Å²) in [5.74, 6) is 0.505. The molecule has 13 heavy (non-hydrogen) atoms. The summed E-state index contributed by atoms with van der Waals surface area (Å²) in [4.78, 5) is 4.51. The second kappa shape index (κ2) is 3.88. The third-order valence-electron chi connectivity index (χ3n) is 2.68. The van der Waals surface area contributed by atoms with Crippen LogP contribution in [-0.2, 0) is 0 Å². The molecule has 0 saturated heterocycles. The van der Waals surface area contributed by atoms with Gasteiger partial charge in [0.25, 0.3) is 0 Å². The van der Waals surface area contributed by atoms with Crippen molar-refractivity contribution in [1.82, 2.24) is 0 Å². The van der Waals surface area contributed by atoms with Gasteiger partial charge in [-0.25, -0.2) is 0 Å². The summed E-state index contributed by atoms with van der Waals surface area (Å²) >= 11 is 0. The molecule has 72 valence electrons. The molecule has 1 atom stereocenters. The number of nitrogens with two attached hydrogens (primary N) is 1. The third-order valence-corrected chi connectivity index (χ3v) is 2.68. The second-order valence-corrected chi connectivity index (χ2v) is 3.94. The zero-order chi connectivity index (χ0) is 9.90. The summed E-state index contributed by atoms with van der Waals surface area (Å²) in [6.07, 6.45) is 8.05. The van der Waals surface area contributed by atoms with E-state index in [1.54, 1.807) is 0 Å². The van der Waals surface area contributed by atoms with Gasteiger partial charge in [-0.15, -0.1) is 0 Å². The van der Waals surface area contributed by atoms with Gasteiger partial charge in [0.05, 0.1) is 5.54 Å². The van der Waals surface area contributed by atoms with Gasteiger partial charge in [-0.05, 0) is 24.5 Å². The van der Waals surface area contributed by atoms with Gasteiger partial charge in [0, 0.05) is 12.8 Å². The molecule has 0 aromatic heterocycles. The summed E-state index contributed by atoms with van der Waals surface area (Å²) in [6.45, 7) is 7.07. The van der Waals surface area contributed by atoms with Crippen molar-refractivity contribution in [3.63, 3.8) is 0 Å². The molecule has 2 N–H and O–H groups in total. The van der Waals surface area contributed by atoms with E-state index >= 15 is 0 Å². The molecule has 0 aromatic rings. The van der Waals surface area contributed by atoms with Gasteiger partial charge in [-0.2, -0.15) is 0 Å². The predicted octanol–water partition coefficient (Wildman–Crippen LogP) is 1.93. The van der Waals surface area contributed by atoms with Crippen LogP contribution in [0.15, 0.2) is 28.8 Å². The molecule has 1 aliphatic heterocycles. The van der Waals surface area contributed by atoms with Crippen LogP contribution in [0.25, 0.3) is 0 Å². The Morgan fingerprint density at radius 2 is 2.23 bits per heavy atom. The summed E-state index contributed by atoms with van der Waals surface area (Å²) < 4.78 is 0. The lowest BCUT2D eigenvalue weighted by Gasteiger charge is -2.25. The van der Waals surface area contributed by atoms with Gasteiger partial charge in [-0.3, -0.25) is 4.99 Å². The van der Waals surface area contributed by atoms with Crippen molar-refractivity contribution >= 4 is 6.21 Å². The minimum absolute atomic E-state index is 0.0760. The first-order valence-electron chi connectivity index (χ1n) is 4.72. The molecule has 0 spiro atoms. The Bertz CT molecular complexity index is 261.